The monoisotopic (exact) mass is 441 g/mol. The number of para-hydroxylation sites is 1. The predicted molar refractivity (Wildman–Crippen MR) is 118 cm³/mol. The summed E-state index contributed by atoms with van der Waals surface area (Å²) in [6.45, 7) is 10.7. The van der Waals surface area contributed by atoms with Gasteiger partial charge < -0.3 is 23.0 Å². The Balaban J connectivity index is 4.06. The summed E-state index contributed by atoms with van der Waals surface area (Å²) in [5.41, 5.74) is 0.155. The van der Waals surface area contributed by atoms with Gasteiger partial charge in [0.2, 0.25) is 0 Å². The van der Waals surface area contributed by atoms with Gasteiger partial charge in [-0.3, -0.25) is 0 Å². The Hall–Kier alpha value is -1.99. The van der Waals surface area contributed by atoms with Crippen LogP contribution in [-0.2, 0) is 32.6 Å². The van der Waals surface area contributed by atoms with Crippen molar-refractivity contribution in [2.24, 2.45) is 4.99 Å². The zero-order valence-electron chi connectivity index (χ0n) is 18.9. The van der Waals surface area contributed by atoms with Crippen LogP contribution >= 0.6 is 7.57 Å². The zero-order chi connectivity index (χ0) is 22.9. The fourth-order valence-corrected chi connectivity index (χ4v) is 5.27. The topological polar surface area (TPSA) is 92.7 Å². The van der Waals surface area contributed by atoms with E-state index in [1.807, 2.05) is 6.07 Å². The second-order valence-corrected chi connectivity index (χ2v) is 9.16. The van der Waals surface area contributed by atoms with Crippen LogP contribution in [0.3, 0.4) is 0 Å². The van der Waals surface area contributed by atoms with Crippen LogP contribution < -0.4 is 0 Å². The first-order valence-electron chi connectivity index (χ1n) is 9.68. The lowest BCUT2D eigenvalue weighted by Crippen LogP contribution is -2.36. The molecule has 0 fully saturated rings. The number of methoxy groups -OCH3 is 2. The second-order valence-electron chi connectivity index (χ2n) is 7.09. The lowest BCUT2D eigenvalue weighted by Gasteiger charge is -2.33. The molecule has 1 aromatic rings. The van der Waals surface area contributed by atoms with Crippen LogP contribution in [0.5, 0.6) is 0 Å². The minimum atomic E-state index is -3.60. The van der Waals surface area contributed by atoms with Crippen molar-refractivity contribution in [3.05, 3.63) is 30.3 Å². The molecule has 0 aliphatic carbocycles. The van der Waals surface area contributed by atoms with E-state index in [-0.39, 0.29) is 29.3 Å². The van der Waals surface area contributed by atoms with Gasteiger partial charge in [-0.1, -0.05) is 18.2 Å². The van der Waals surface area contributed by atoms with Gasteiger partial charge in [0.1, 0.15) is 0 Å². The number of nitrogens with zero attached hydrogens (tertiary/aromatic N) is 1. The van der Waals surface area contributed by atoms with Crippen molar-refractivity contribution in [2.45, 2.75) is 59.9 Å². The van der Waals surface area contributed by atoms with Crippen LogP contribution in [0.25, 0.3) is 0 Å². The van der Waals surface area contributed by atoms with Crippen molar-refractivity contribution in [3.63, 3.8) is 0 Å². The fourth-order valence-electron chi connectivity index (χ4n) is 2.42. The number of ether oxygens (including phenoxy) is 2. The highest BCUT2D eigenvalue weighted by atomic mass is 31.2. The first-order chi connectivity index (χ1) is 14.1. The molecule has 0 unspecified atom stereocenters. The summed E-state index contributed by atoms with van der Waals surface area (Å²) >= 11 is 0. The largest absolute Gasteiger partial charge is 0.465 e. The van der Waals surface area contributed by atoms with Gasteiger partial charge in [0, 0.05) is 0 Å². The number of hydrogen-bond donors (Lipinski definition) is 0. The molecule has 0 spiro atoms. The molecular formula is C21H32NO7P. The molecule has 168 valence electrons. The zero-order valence-corrected chi connectivity index (χ0v) is 19.8. The van der Waals surface area contributed by atoms with Gasteiger partial charge in [0.05, 0.1) is 38.2 Å². The van der Waals surface area contributed by atoms with E-state index in [4.69, 9.17) is 23.0 Å². The number of hydrogen-bond acceptors (Lipinski definition) is 8. The predicted octanol–water partition coefficient (Wildman–Crippen LogP) is 4.32. The molecule has 0 aromatic heterocycles. The Kier molecular flexibility index (Phi) is 10.4. The van der Waals surface area contributed by atoms with E-state index in [2.05, 4.69) is 4.99 Å². The minimum Gasteiger partial charge on any atom is -0.465 e. The van der Waals surface area contributed by atoms with Crippen LogP contribution in [0, 0.1) is 0 Å². The summed E-state index contributed by atoms with van der Waals surface area (Å²) in [5.74, 6) is -1.68. The van der Waals surface area contributed by atoms with Gasteiger partial charge in [-0.2, -0.15) is 0 Å². The highest BCUT2D eigenvalue weighted by Gasteiger charge is 2.41. The van der Waals surface area contributed by atoms with Gasteiger partial charge in [-0.25, -0.2) is 14.6 Å². The molecule has 1 aromatic carbocycles. The molecule has 0 saturated heterocycles. The molecule has 8 nitrogen and oxygen atoms in total. The average Bonchev–Trinajstić information content (AvgIpc) is 2.65. The Morgan fingerprint density at radius 3 is 1.57 bits per heavy atom. The van der Waals surface area contributed by atoms with Crippen molar-refractivity contribution in [3.8, 4) is 0 Å². The summed E-state index contributed by atoms with van der Waals surface area (Å²) in [5, 5.41) is -0.225. The standard InChI is InChI=1S/C21H32NO7P/c1-14(2)27-30(28-15(3)4,29-16(5)6)19(21(24)26-8)18(20(23)25-7)22-17-12-10-9-11-13-17/h9-16H,1-8H3. The van der Waals surface area contributed by atoms with Crippen LogP contribution in [0.15, 0.2) is 35.3 Å². The Bertz CT molecular complexity index is 768. The summed E-state index contributed by atoms with van der Waals surface area (Å²) in [7, 11) is -1.19. The number of rotatable bonds is 10. The molecule has 0 heterocycles. The summed E-state index contributed by atoms with van der Waals surface area (Å²) in [4.78, 5) is 30.1. The van der Waals surface area contributed by atoms with E-state index in [0.717, 1.165) is 0 Å². The van der Waals surface area contributed by atoms with Crippen LogP contribution in [0.4, 0.5) is 5.69 Å². The summed E-state index contributed by atoms with van der Waals surface area (Å²) in [6, 6.07) is 8.70. The molecule has 0 atom stereocenters. The van der Waals surface area contributed by atoms with Crippen molar-refractivity contribution in [1.29, 1.82) is 0 Å². The molecule has 0 N–H and O–H groups in total. The number of aliphatic imine (C=N–C) groups is 1. The van der Waals surface area contributed by atoms with Crippen molar-refractivity contribution < 1.29 is 32.6 Å². The van der Waals surface area contributed by atoms with Gasteiger partial charge in [-0.05, 0) is 53.7 Å². The Morgan fingerprint density at radius 2 is 1.20 bits per heavy atom. The van der Waals surface area contributed by atoms with Gasteiger partial charge in [0.25, 0.3) is 7.57 Å². The van der Waals surface area contributed by atoms with Crippen LogP contribution in [-0.4, -0.2) is 55.5 Å². The molecule has 0 amide bonds. The maximum Gasteiger partial charge on any atom is 0.357 e. The van der Waals surface area contributed by atoms with Crippen LogP contribution in [0.1, 0.15) is 41.5 Å². The third-order valence-electron chi connectivity index (χ3n) is 3.30. The lowest BCUT2D eigenvalue weighted by atomic mass is 10.2. The van der Waals surface area contributed by atoms with Gasteiger partial charge in [-0.15, -0.1) is 0 Å². The van der Waals surface area contributed by atoms with Crippen molar-refractivity contribution >= 4 is 36.2 Å². The molecule has 0 bridgehead atoms. The number of esters is 2. The Labute approximate surface area is 178 Å². The molecular weight excluding hydrogens is 409 g/mol. The van der Waals surface area contributed by atoms with E-state index in [9.17, 15) is 9.59 Å². The molecule has 1 rings (SSSR count). The summed E-state index contributed by atoms with van der Waals surface area (Å²) in [6.07, 6.45) is -1.15. The van der Waals surface area contributed by atoms with E-state index in [1.165, 1.54) is 14.2 Å². The SMILES string of the molecule is COC(=O)C(=Nc1ccccc1)C(C(=O)OC)=P(OC(C)C)(OC(C)C)OC(C)C. The minimum absolute atomic E-state index is 0.225. The molecule has 30 heavy (non-hydrogen) atoms. The first-order valence-corrected chi connectivity index (χ1v) is 11.2. The quantitative estimate of drug-likeness (QED) is 0.303. The third kappa shape index (κ3) is 7.36. The highest BCUT2D eigenvalue weighted by Crippen LogP contribution is 2.56. The second kappa shape index (κ2) is 12.0. The van der Waals surface area contributed by atoms with E-state index in [0.29, 0.717) is 5.69 Å². The summed E-state index contributed by atoms with van der Waals surface area (Å²) < 4.78 is 28.2. The Morgan fingerprint density at radius 1 is 0.767 bits per heavy atom. The molecule has 0 aliphatic rings. The lowest BCUT2D eigenvalue weighted by molar-refractivity contribution is -0.134. The maximum absolute atomic E-state index is 13.0. The van der Waals surface area contributed by atoms with E-state index in [1.54, 1.807) is 65.8 Å². The number of carbonyl (C=O) groups excluding carboxylic acids is 2. The third-order valence-corrected chi connectivity index (χ3v) is 6.34. The van der Waals surface area contributed by atoms with Gasteiger partial charge >= 0.3 is 11.9 Å². The normalized spacial score (nSPS) is 12.4. The highest BCUT2D eigenvalue weighted by molar-refractivity contribution is 7.67. The average molecular weight is 441 g/mol. The molecule has 9 heteroatoms. The maximum atomic E-state index is 13.0. The van der Waals surface area contributed by atoms with E-state index >= 15 is 0 Å². The number of carbonyl (C=O) groups is 2. The smallest absolute Gasteiger partial charge is 0.357 e. The molecule has 0 saturated carbocycles. The first kappa shape index (κ1) is 26.0. The van der Waals surface area contributed by atoms with Gasteiger partial charge in [0.15, 0.2) is 11.0 Å². The molecule has 0 radical (unpaired) electrons. The van der Waals surface area contributed by atoms with Crippen LogP contribution in [0.2, 0.25) is 0 Å². The van der Waals surface area contributed by atoms with Crippen molar-refractivity contribution in [1.82, 2.24) is 0 Å². The molecule has 0 aliphatic heterocycles. The van der Waals surface area contributed by atoms with Crippen molar-refractivity contribution in [2.75, 3.05) is 14.2 Å². The fraction of sp³-hybridized carbons (Fsp3) is 0.524. The number of benzene rings is 1. The van der Waals surface area contributed by atoms with E-state index < -0.39 is 19.5 Å².